The lowest BCUT2D eigenvalue weighted by atomic mass is 10.1. The van der Waals surface area contributed by atoms with Crippen LogP contribution in [0.3, 0.4) is 0 Å². The third-order valence-electron chi connectivity index (χ3n) is 3.53. The van der Waals surface area contributed by atoms with Gasteiger partial charge in [-0.15, -0.1) is 0 Å². The van der Waals surface area contributed by atoms with Gasteiger partial charge in [-0.1, -0.05) is 30.3 Å². The molecule has 0 aliphatic heterocycles. The van der Waals surface area contributed by atoms with E-state index in [1.165, 1.54) is 5.56 Å². The molecule has 0 aliphatic rings. The minimum Gasteiger partial charge on any atom is -0.357 e. The zero-order chi connectivity index (χ0) is 18.9. The van der Waals surface area contributed by atoms with E-state index in [0.717, 1.165) is 25.6 Å². The van der Waals surface area contributed by atoms with Crippen LogP contribution >= 0.6 is 0 Å². The van der Waals surface area contributed by atoms with E-state index in [0.29, 0.717) is 12.5 Å². The molecule has 0 aliphatic carbocycles. The Labute approximate surface area is 152 Å². The Morgan fingerprint density at radius 1 is 1.24 bits per heavy atom. The van der Waals surface area contributed by atoms with Crippen molar-refractivity contribution < 1.29 is 8.42 Å². The Morgan fingerprint density at radius 3 is 2.44 bits per heavy atom. The maximum atomic E-state index is 11.4. The number of nitrogens with one attached hydrogen (secondary N) is 3. The van der Waals surface area contributed by atoms with Gasteiger partial charge in [0.1, 0.15) is 0 Å². The number of hydrogen-bond acceptors (Lipinski definition) is 3. The molecular formula is C18H32N4O2S. The van der Waals surface area contributed by atoms with Gasteiger partial charge in [-0.3, -0.25) is 4.99 Å². The molecule has 0 aromatic heterocycles. The molecule has 0 amide bonds. The summed E-state index contributed by atoms with van der Waals surface area (Å²) >= 11 is 0. The van der Waals surface area contributed by atoms with E-state index < -0.39 is 15.6 Å². The lowest BCUT2D eigenvalue weighted by Gasteiger charge is -2.24. The molecule has 1 rings (SSSR count). The normalized spacial score (nSPS) is 14.2. The van der Waals surface area contributed by atoms with Crippen LogP contribution in [0, 0.1) is 0 Å². The number of rotatable bonds is 9. The second-order valence-corrected chi connectivity index (χ2v) is 8.77. The highest BCUT2D eigenvalue weighted by atomic mass is 32.2. The maximum Gasteiger partial charge on any atom is 0.209 e. The monoisotopic (exact) mass is 368 g/mol. The molecule has 0 fully saturated rings. The average molecular weight is 369 g/mol. The molecule has 1 unspecified atom stereocenters. The van der Waals surface area contributed by atoms with Gasteiger partial charge >= 0.3 is 0 Å². The molecule has 0 saturated carbocycles. The molecule has 1 atom stereocenters. The second kappa shape index (κ2) is 9.77. The number of benzene rings is 1. The fraction of sp³-hybridized carbons (Fsp3) is 0.611. The zero-order valence-corrected chi connectivity index (χ0v) is 16.8. The highest BCUT2D eigenvalue weighted by Gasteiger charge is 2.22. The molecule has 0 heterocycles. The van der Waals surface area contributed by atoms with E-state index in [1.54, 1.807) is 0 Å². The van der Waals surface area contributed by atoms with Crippen LogP contribution in [-0.4, -0.2) is 45.3 Å². The predicted molar refractivity (Wildman–Crippen MR) is 105 cm³/mol. The van der Waals surface area contributed by atoms with Crippen molar-refractivity contribution in [2.24, 2.45) is 4.99 Å². The largest absolute Gasteiger partial charge is 0.357 e. The van der Waals surface area contributed by atoms with Gasteiger partial charge in [-0.25, -0.2) is 13.1 Å². The molecule has 0 spiro atoms. The average Bonchev–Trinajstić information content (AvgIpc) is 2.50. The number of sulfonamides is 1. The molecule has 25 heavy (non-hydrogen) atoms. The van der Waals surface area contributed by atoms with Crippen molar-refractivity contribution in [3.8, 4) is 0 Å². The van der Waals surface area contributed by atoms with Crippen molar-refractivity contribution in [2.75, 3.05) is 19.3 Å². The van der Waals surface area contributed by atoms with E-state index in [9.17, 15) is 8.42 Å². The number of guanidine groups is 1. The van der Waals surface area contributed by atoms with Crippen molar-refractivity contribution in [3.63, 3.8) is 0 Å². The summed E-state index contributed by atoms with van der Waals surface area (Å²) in [7, 11) is -3.26. The van der Waals surface area contributed by atoms with Crippen LogP contribution in [0.1, 0.15) is 39.7 Å². The Morgan fingerprint density at radius 2 is 1.88 bits per heavy atom. The first-order valence-electron chi connectivity index (χ1n) is 8.69. The van der Waals surface area contributed by atoms with Crippen LogP contribution in [-0.2, 0) is 16.4 Å². The highest BCUT2D eigenvalue weighted by Crippen LogP contribution is 2.06. The highest BCUT2D eigenvalue weighted by molar-refractivity contribution is 7.88. The van der Waals surface area contributed by atoms with Crippen LogP contribution in [0.15, 0.2) is 35.3 Å². The molecule has 6 nitrogen and oxygen atoms in total. The first-order chi connectivity index (χ1) is 11.6. The maximum absolute atomic E-state index is 11.4. The Bertz CT molecular complexity index is 642. The third kappa shape index (κ3) is 10.1. The SMILES string of the molecule is CCNC(=NCC(C)(C)NS(C)(=O)=O)NC(C)CCc1ccccc1. The fourth-order valence-corrected chi connectivity index (χ4v) is 3.53. The smallest absolute Gasteiger partial charge is 0.209 e. The Balaban J connectivity index is 2.59. The van der Waals surface area contributed by atoms with E-state index in [2.05, 4.69) is 51.5 Å². The van der Waals surface area contributed by atoms with Crippen molar-refractivity contribution in [1.29, 1.82) is 0 Å². The minimum atomic E-state index is -3.26. The third-order valence-corrected chi connectivity index (χ3v) is 4.45. The van der Waals surface area contributed by atoms with Crippen molar-refractivity contribution in [2.45, 2.75) is 52.1 Å². The number of aliphatic imine (C=N–C) groups is 1. The summed E-state index contributed by atoms with van der Waals surface area (Å²) < 4.78 is 25.5. The van der Waals surface area contributed by atoms with Crippen LogP contribution in [0.4, 0.5) is 0 Å². The van der Waals surface area contributed by atoms with Gasteiger partial charge in [0.2, 0.25) is 10.0 Å². The van der Waals surface area contributed by atoms with Gasteiger partial charge in [-0.05, 0) is 46.1 Å². The molecule has 0 bridgehead atoms. The molecule has 3 N–H and O–H groups in total. The number of hydrogen-bond donors (Lipinski definition) is 3. The summed E-state index contributed by atoms with van der Waals surface area (Å²) in [5.41, 5.74) is 0.681. The van der Waals surface area contributed by atoms with Gasteiger partial charge in [0.25, 0.3) is 0 Å². The van der Waals surface area contributed by atoms with Gasteiger partial charge in [0, 0.05) is 18.1 Å². The summed E-state index contributed by atoms with van der Waals surface area (Å²) in [5, 5.41) is 6.59. The van der Waals surface area contributed by atoms with Crippen molar-refractivity contribution >= 4 is 16.0 Å². The van der Waals surface area contributed by atoms with Crippen LogP contribution in [0.5, 0.6) is 0 Å². The number of aryl methyl sites for hydroxylation is 1. The molecule has 7 heteroatoms. The summed E-state index contributed by atoms with van der Waals surface area (Å²) in [5.74, 6) is 0.700. The van der Waals surface area contributed by atoms with Crippen LogP contribution in [0.2, 0.25) is 0 Å². The summed E-state index contributed by atoms with van der Waals surface area (Å²) in [6.07, 6.45) is 3.14. The lowest BCUT2D eigenvalue weighted by molar-refractivity contribution is 0.463. The van der Waals surface area contributed by atoms with Crippen LogP contribution < -0.4 is 15.4 Å². The summed E-state index contributed by atoms with van der Waals surface area (Å²) in [6.45, 7) is 8.86. The fourth-order valence-electron chi connectivity index (χ4n) is 2.46. The minimum absolute atomic E-state index is 0.254. The first-order valence-corrected chi connectivity index (χ1v) is 10.6. The van der Waals surface area contributed by atoms with E-state index >= 15 is 0 Å². The first kappa shape index (κ1) is 21.4. The van der Waals surface area contributed by atoms with Gasteiger partial charge < -0.3 is 10.6 Å². The van der Waals surface area contributed by atoms with Crippen LogP contribution in [0.25, 0.3) is 0 Å². The number of nitrogens with zero attached hydrogens (tertiary/aromatic N) is 1. The predicted octanol–water partition coefficient (Wildman–Crippen LogP) is 1.89. The lowest BCUT2D eigenvalue weighted by Crippen LogP contribution is -2.47. The van der Waals surface area contributed by atoms with E-state index in [4.69, 9.17) is 0 Å². The quantitative estimate of drug-likeness (QED) is 0.459. The second-order valence-electron chi connectivity index (χ2n) is 7.02. The zero-order valence-electron chi connectivity index (χ0n) is 16.0. The molecule has 1 aromatic carbocycles. The van der Waals surface area contributed by atoms with E-state index in [1.807, 2.05) is 26.8 Å². The van der Waals surface area contributed by atoms with Gasteiger partial charge in [0.15, 0.2) is 5.96 Å². The summed E-state index contributed by atoms with van der Waals surface area (Å²) in [4.78, 5) is 4.53. The van der Waals surface area contributed by atoms with Gasteiger partial charge in [-0.2, -0.15) is 0 Å². The standard InChI is InChI=1S/C18H32N4O2S/c1-6-19-17(20-14-18(3,4)22-25(5,23)24)21-15(2)12-13-16-10-8-7-9-11-16/h7-11,15,22H,6,12-14H2,1-5H3,(H2,19,20,21). The van der Waals surface area contributed by atoms with E-state index in [-0.39, 0.29) is 6.04 Å². The van der Waals surface area contributed by atoms with Gasteiger partial charge in [0.05, 0.1) is 12.8 Å². The molecule has 1 aromatic rings. The Kier molecular flexibility index (Phi) is 8.38. The van der Waals surface area contributed by atoms with Crippen molar-refractivity contribution in [3.05, 3.63) is 35.9 Å². The Hall–Kier alpha value is -1.60. The molecule has 0 radical (unpaired) electrons. The molecular weight excluding hydrogens is 336 g/mol. The van der Waals surface area contributed by atoms with Crippen molar-refractivity contribution in [1.82, 2.24) is 15.4 Å². The molecule has 0 saturated heterocycles. The topological polar surface area (TPSA) is 82.6 Å². The molecule has 142 valence electrons. The summed E-state index contributed by atoms with van der Waals surface area (Å²) in [6, 6.07) is 10.6.